The Hall–Kier alpha value is -2.37. The van der Waals surface area contributed by atoms with Crippen LogP contribution in [0.4, 0.5) is 0 Å². The molecular weight excluding hydrogens is 328 g/mol. The maximum absolute atomic E-state index is 11.3. The first kappa shape index (κ1) is 15.2. The molecule has 0 bridgehead atoms. The summed E-state index contributed by atoms with van der Waals surface area (Å²) in [7, 11) is 0. The highest BCUT2D eigenvalue weighted by Crippen LogP contribution is 2.34. The van der Waals surface area contributed by atoms with Crippen LogP contribution in [0.25, 0.3) is 22.0 Å². The first-order valence-electron chi connectivity index (χ1n) is 7.72. The van der Waals surface area contributed by atoms with Crippen LogP contribution in [0.15, 0.2) is 36.4 Å². The molecule has 1 aliphatic heterocycles. The second kappa shape index (κ2) is 5.92. The molecule has 0 radical (unpaired) electrons. The van der Waals surface area contributed by atoms with Gasteiger partial charge in [-0.1, -0.05) is 35.9 Å². The zero-order valence-electron chi connectivity index (χ0n) is 12.8. The van der Waals surface area contributed by atoms with Gasteiger partial charge in [0, 0.05) is 23.5 Å². The summed E-state index contributed by atoms with van der Waals surface area (Å²) in [6, 6.07) is 11.7. The average Bonchev–Trinajstić information content (AvgIpc) is 3.23. The number of ether oxygens (including phenoxy) is 1. The van der Waals surface area contributed by atoms with Gasteiger partial charge in [0.1, 0.15) is 0 Å². The molecule has 2 aromatic carbocycles. The number of nitrogens with one attached hydrogen (secondary N) is 1. The number of hydrogen-bond acceptors (Lipinski definition) is 3. The van der Waals surface area contributed by atoms with Crippen molar-refractivity contribution in [3.8, 4) is 11.1 Å². The number of carboxylic acids is 1. The molecule has 122 valence electrons. The summed E-state index contributed by atoms with van der Waals surface area (Å²) >= 11 is 6.38. The third-order valence-electron chi connectivity index (χ3n) is 4.48. The van der Waals surface area contributed by atoms with E-state index in [1.807, 2.05) is 12.1 Å². The van der Waals surface area contributed by atoms with E-state index in [1.54, 1.807) is 12.1 Å². The van der Waals surface area contributed by atoms with Crippen LogP contribution >= 0.6 is 11.6 Å². The number of carboxylic acid groups (broad SMARTS) is 1. The minimum absolute atomic E-state index is 0.00245. The van der Waals surface area contributed by atoms with Gasteiger partial charge in [0.25, 0.3) is 0 Å². The maximum Gasteiger partial charge on any atom is 0.357 e. The van der Waals surface area contributed by atoms with E-state index in [2.05, 4.69) is 22.3 Å². The van der Waals surface area contributed by atoms with E-state index in [1.165, 1.54) is 5.56 Å². The summed E-state index contributed by atoms with van der Waals surface area (Å²) in [4.78, 5) is 11.3. The Morgan fingerprint density at radius 1 is 1.29 bits per heavy atom. The highest BCUT2D eigenvalue weighted by Gasteiger charge is 2.18. The topological polar surface area (TPSA) is 75.2 Å². The Morgan fingerprint density at radius 3 is 2.75 bits per heavy atom. The van der Waals surface area contributed by atoms with Crippen molar-refractivity contribution >= 4 is 28.5 Å². The molecule has 3 aromatic rings. The summed E-state index contributed by atoms with van der Waals surface area (Å²) in [5.41, 5.74) is 3.61. The summed E-state index contributed by atoms with van der Waals surface area (Å²) in [5, 5.41) is 16.9. The minimum atomic E-state index is -1.06. The third kappa shape index (κ3) is 2.56. The first-order valence-corrected chi connectivity index (χ1v) is 8.10. The lowest BCUT2D eigenvalue weighted by Crippen LogP contribution is -1.97. The van der Waals surface area contributed by atoms with Gasteiger partial charge in [0.05, 0.1) is 17.1 Å². The molecule has 0 aliphatic carbocycles. The van der Waals surface area contributed by atoms with Crippen molar-refractivity contribution < 1.29 is 14.6 Å². The van der Waals surface area contributed by atoms with E-state index >= 15 is 0 Å². The van der Waals surface area contributed by atoms with Gasteiger partial charge >= 0.3 is 5.97 Å². The number of benzene rings is 2. The number of carbonyl (C=O) groups is 1. The van der Waals surface area contributed by atoms with E-state index < -0.39 is 5.97 Å². The summed E-state index contributed by atoms with van der Waals surface area (Å²) in [5.74, 6) is -0.615. The number of halogens is 1. The molecule has 1 aliphatic rings. The van der Waals surface area contributed by atoms with Crippen LogP contribution in [0, 0.1) is 0 Å². The van der Waals surface area contributed by atoms with Crippen LogP contribution in [0.2, 0.25) is 5.02 Å². The second-order valence-electron chi connectivity index (χ2n) is 5.94. The number of fused-ring (bicyclic) bond motifs is 1. The molecule has 2 heterocycles. The number of nitrogens with zero attached hydrogens (tertiary/aromatic N) is 1. The number of aromatic nitrogens is 2. The molecule has 2 N–H and O–H groups in total. The van der Waals surface area contributed by atoms with Gasteiger partial charge in [0.2, 0.25) is 0 Å². The van der Waals surface area contributed by atoms with E-state index in [0.717, 1.165) is 30.8 Å². The van der Waals surface area contributed by atoms with Crippen molar-refractivity contribution in [2.45, 2.75) is 12.3 Å². The number of rotatable bonds is 3. The van der Waals surface area contributed by atoms with Crippen LogP contribution < -0.4 is 0 Å². The van der Waals surface area contributed by atoms with Gasteiger partial charge in [0.15, 0.2) is 5.69 Å². The van der Waals surface area contributed by atoms with Gasteiger partial charge in [-0.05, 0) is 29.7 Å². The van der Waals surface area contributed by atoms with Crippen LogP contribution in [0.1, 0.15) is 28.4 Å². The third-order valence-corrected chi connectivity index (χ3v) is 4.79. The van der Waals surface area contributed by atoms with Crippen molar-refractivity contribution in [2.24, 2.45) is 0 Å². The Bertz CT molecular complexity index is 912. The highest BCUT2D eigenvalue weighted by molar-refractivity contribution is 6.34. The van der Waals surface area contributed by atoms with Crippen molar-refractivity contribution in [1.82, 2.24) is 10.2 Å². The quantitative estimate of drug-likeness (QED) is 0.751. The molecule has 0 unspecified atom stereocenters. The zero-order chi connectivity index (χ0) is 16.7. The van der Waals surface area contributed by atoms with Gasteiger partial charge in [-0.15, -0.1) is 0 Å². The lowest BCUT2D eigenvalue weighted by atomic mass is 9.95. The summed E-state index contributed by atoms with van der Waals surface area (Å²) < 4.78 is 5.43. The molecule has 1 saturated heterocycles. The monoisotopic (exact) mass is 342 g/mol. The lowest BCUT2D eigenvalue weighted by molar-refractivity contribution is 0.0692. The Balaban J connectivity index is 1.76. The predicted molar refractivity (Wildman–Crippen MR) is 91.7 cm³/mol. The van der Waals surface area contributed by atoms with Gasteiger partial charge < -0.3 is 9.84 Å². The van der Waals surface area contributed by atoms with Gasteiger partial charge in [-0.2, -0.15) is 5.10 Å². The molecule has 24 heavy (non-hydrogen) atoms. The van der Waals surface area contributed by atoms with Crippen molar-refractivity contribution in [3.05, 3.63) is 52.7 Å². The Kier molecular flexibility index (Phi) is 3.75. The molecule has 4 rings (SSSR count). The van der Waals surface area contributed by atoms with Crippen LogP contribution in [-0.4, -0.2) is 34.5 Å². The lowest BCUT2D eigenvalue weighted by Gasteiger charge is -2.10. The normalized spacial score (nSPS) is 17.5. The summed E-state index contributed by atoms with van der Waals surface area (Å²) in [6.07, 6.45) is 1.04. The Morgan fingerprint density at radius 2 is 2.08 bits per heavy atom. The first-order chi connectivity index (χ1) is 11.6. The molecule has 1 atom stereocenters. The molecule has 0 spiro atoms. The smallest absolute Gasteiger partial charge is 0.357 e. The van der Waals surface area contributed by atoms with Crippen molar-refractivity contribution in [1.29, 1.82) is 0 Å². The SMILES string of the molecule is O=C(O)c1n[nH]c2cc(Cl)c(-c3ccc([C@@H]4CCOC4)cc3)cc12. The number of hydrogen-bond donors (Lipinski definition) is 2. The largest absolute Gasteiger partial charge is 0.476 e. The van der Waals surface area contributed by atoms with E-state index in [-0.39, 0.29) is 5.69 Å². The van der Waals surface area contributed by atoms with Crippen molar-refractivity contribution in [2.75, 3.05) is 13.2 Å². The molecular formula is C18H15ClN2O3. The van der Waals surface area contributed by atoms with Crippen molar-refractivity contribution in [3.63, 3.8) is 0 Å². The standard InChI is InChI=1S/C18H15ClN2O3/c19-15-8-16-14(17(18(22)23)21-20-16)7-13(15)11-3-1-10(2-4-11)12-5-6-24-9-12/h1-4,7-8,12H,5-6,9H2,(H,20,21)(H,22,23)/t12-/m1/s1. The fourth-order valence-electron chi connectivity index (χ4n) is 3.15. The Labute approximate surface area is 143 Å². The van der Waals surface area contributed by atoms with E-state index in [0.29, 0.717) is 21.8 Å². The van der Waals surface area contributed by atoms with Gasteiger partial charge in [-0.25, -0.2) is 4.79 Å². The van der Waals surface area contributed by atoms with E-state index in [4.69, 9.17) is 16.3 Å². The summed E-state index contributed by atoms with van der Waals surface area (Å²) in [6.45, 7) is 1.58. The fourth-order valence-corrected chi connectivity index (χ4v) is 3.43. The van der Waals surface area contributed by atoms with Crippen LogP contribution in [-0.2, 0) is 4.74 Å². The molecule has 0 saturated carbocycles. The molecule has 1 fully saturated rings. The molecule has 6 heteroatoms. The average molecular weight is 343 g/mol. The van der Waals surface area contributed by atoms with Crippen LogP contribution in [0.5, 0.6) is 0 Å². The zero-order valence-corrected chi connectivity index (χ0v) is 13.5. The minimum Gasteiger partial charge on any atom is -0.476 e. The van der Waals surface area contributed by atoms with Gasteiger partial charge in [-0.3, -0.25) is 5.10 Å². The predicted octanol–water partition coefficient (Wildman–Crippen LogP) is 4.09. The second-order valence-corrected chi connectivity index (χ2v) is 6.34. The fraction of sp³-hybridized carbons (Fsp3) is 0.222. The molecule has 5 nitrogen and oxygen atoms in total. The van der Waals surface area contributed by atoms with Crippen LogP contribution in [0.3, 0.4) is 0 Å². The van der Waals surface area contributed by atoms with E-state index in [9.17, 15) is 9.90 Å². The number of aromatic carboxylic acids is 1. The number of H-pyrrole nitrogens is 1. The highest BCUT2D eigenvalue weighted by atomic mass is 35.5. The molecule has 0 amide bonds. The molecule has 1 aromatic heterocycles. The number of aromatic amines is 1. The maximum atomic E-state index is 11.3.